The van der Waals surface area contributed by atoms with E-state index in [0.29, 0.717) is 22.6 Å². The molecule has 0 aliphatic carbocycles. The zero-order valence-corrected chi connectivity index (χ0v) is 20.0. The first-order valence-electron chi connectivity index (χ1n) is 11.0. The topological polar surface area (TPSA) is 88.2 Å². The average molecular weight is 531 g/mol. The summed E-state index contributed by atoms with van der Waals surface area (Å²) >= 11 is 1.16. The van der Waals surface area contributed by atoms with Gasteiger partial charge in [0.25, 0.3) is 0 Å². The molecular weight excluding hydrogens is 508 g/mol. The van der Waals surface area contributed by atoms with Crippen LogP contribution < -0.4 is 4.74 Å². The molecule has 0 bridgehead atoms. The number of fused-ring (bicyclic) bond motifs is 1. The van der Waals surface area contributed by atoms with Crippen LogP contribution in [0, 0.1) is 11.7 Å². The third kappa shape index (κ3) is 4.81. The van der Waals surface area contributed by atoms with Crippen LogP contribution in [0.3, 0.4) is 0 Å². The summed E-state index contributed by atoms with van der Waals surface area (Å²) in [5.41, 5.74) is 1.05. The van der Waals surface area contributed by atoms with Gasteiger partial charge < -0.3 is 4.74 Å². The molecule has 2 aromatic heterocycles. The van der Waals surface area contributed by atoms with Crippen molar-refractivity contribution < 1.29 is 30.7 Å². The zero-order valence-electron chi connectivity index (χ0n) is 18.3. The largest absolute Gasteiger partial charge is 0.493 e. The Labute approximate surface area is 203 Å². The number of hydrogen-bond donors (Lipinski definition) is 1. The van der Waals surface area contributed by atoms with Gasteiger partial charge in [0.05, 0.1) is 18.7 Å². The van der Waals surface area contributed by atoms with E-state index in [0.717, 1.165) is 17.4 Å². The van der Waals surface area contributed by atoms with Gasteiger partial charge in [0.15, 0.2) is 9.84 Å². The molecule has 0 amide bonds. The summed E-state index contributed by atoms with van der Waals surface area (Å²) in [7, 11) is -4.02. The standard InChI is InChI=1S/C22H22F4N4O3S2/c23-16-8-15-17(30-4-1-14(22(24,25)26)7-18(30)13-10-28-29-11-13)2-5-33-19(15)9-20(16)35(31,32)12-21-27-3-6-34-21/h3,6,8-11,14,17-18H,1-2,4-5,7,12H2,(H,28,29)/t14-,17-,18+/m1/s1. The van der Waals surface area contributed by atoms with Crippen molar-refractivity contribution in [3.8, 4) is 5.75 Å². The number of ether oxygens (including phenoxy) is 1. The maximum atomic E-state index is 15.2. The second-order valence-corrected chi connectivity index (χ2v) is 11.6. The SMILES string of the molecule is O=S(=O)(Cc1nccs1)c1cc2c(cc1F)[C@H](N1CC[C@@H](C(F)(F)F)C[C@H]1c1cn[nH]c1)CCO2. The first-order valence-corrected chi connectivity index (χ1v) is 13.5. The molecule has 188 valence electrons. The lowest BCUT2D eigenvalue weighted by atomic mass is 9.84. The Hall–Kier alpha value is -2.51. The van der Waals surface area contributed by atoms with Crippen LogP contribution in [-0.4, -0.2) is 47.8 Å². The molecule has 0 spiro atoms. The molecule has 4 heterocycles. The van der Waals surface area contributed by atoms with E-state index < -0.39 is 50.5 Å². The summed E-state index contributed by atoms with van der Waals surface area (Å²) in [6, 6.07) is 1.32. The number of hydrogen-bond acceptors (Lipinski definition) is 7. The van der Waals surface area contributed by atoms with Crippen molar-refractivity contribution in [1.82, 2.24) is 20.1 Å². The van der Waals surface area contributed by atoms with E-state index in [2.05, 4.69) is 15.2 Å². The average Bonchev–Trinajstić information content (AvgIpc) is 3.51. The summed E-state index contributed by atoms with van der Waals surface area (Å²) in [6.07, 6.45) is 0.463. The highest BCUT2D eigenvalue weighted by atomic mass is 32.2. The lowest BCUT2D eigenvalue weighted by Gasteiger charge is -2.45. The van der Waals surface area contributed by atoms with Gasteiger partial charge in [-0.15, -0.1) is 11.3 Å². The zero-order chi connectivity index (χ0) is 24.8. The number of aromatic amines is 1. The Kier molecular flexibility index (Phi) is 6.34. The van der Waals surface area contributed by atoms with Crippen LogP contribution in [0.2, 0.25) is 0 Å². The van der Waals surface area contributed by atoms with Gasteiger partial charge in [-0.2, -0.15) is 18.3 Å². The molecule has 0 radical (unpaired) electrons. The van der Waals surface area contributed by atoms with Crippen LogP contribution >= 0.6 is 11.3 Å². The number of halogens is 4. The molecule has 7 nitrogen and oxygen atoms in total. The summed E-state index contributed by atoms with van der Waals surface area (Å²) in [6.45, 7) is 0.377. The molecule has 13 heteroatoms. The van der Waals surface area contributed by atoms with Gasteiger partial charge in [-0.3, -0.25) is 10.00 Å². The minimum atomic E-state index is -4.31. The molecular formula is C22H22F4N4O3S2. The fourth-order valence-corrected chi connectivity index (χ4v) is 7.28. The van der Waals surface area contributed by atoms with Crippen LogP contribution in [0.5, 0.6) is 5.75 Å². The Bertz CT molecular complexity index is 1280. The van der Waals surface area contributed by atoms with Gasteiger partial charge in [-0.1, -0.05) is 0 Å². The Morgan fingerprint density at radius 2 is 2.06 bits per heavy atom. The smallest absolute Gasteiger partial charge is 0.391 e. The van der Waals surface area contributed by atoms with Gasteiger partial charge in [0, 0.05) is 53.5 Å². The summed E-state index contributed by atoms with van der Waals surface area (Å²) < 4.78 is 87.3. The number of aromatic nitrogens is 3. The lowest BCUT2D eigenvalue weighted by Crippen LogP contribution is -2.44. The predicted octanol–water partition coefficient (Wildman–Crippen LogP) is 4.82. The molecule has 3 aromatic rings. The van der Waals surface area contributed by atoms with Crippen molar-refractivity contribution in [3.05, 3.63) is 58.1 Å². The van der Waals surface area contributed by atoms with E-state index in [9.17, 15) is 21.6 Å². The minimum absolute atomic E-state index is 0.0761. The third-order valence-corrected chi connectivity index (χ3v) is 9.21. The lowest BCUT2D eigenvalue weighted by molar-refractivity contribution is -0.192. The summed E-state index contributed by atoms with van der Waals surface area (Å²) in [5.74, 6) is -2.57. The fourth-order valence-electron chi connectivity index (χ4n) is 4.94. The molecule has 1 fully saturated rings. The van der Waals surface area contributed by atoms with E-state index in [4.69, 9.17) is 4.74 Å². The van der Waals surface area contributed by atoms with E-state index >= 15 is 4.39 Å². The number of thiazole rings is 1. The van der Waals surface area contributed by atoms with Crippen molar-refractivity contribution in [1.29, 1.82) is 0 Å². The van der Waals surface area contributed by atoms with Crippen molar-refractivity contribution in [2.24, 2.45) is 5.92 Å². The van der Waals surface area contributed by atoms with E-state index in [-0.39, 0.29) is 31.7 Å². The number of piperidine rings is 1. The van der Waals surface area contributed by atoms with E-state index in [1.165, 1.54) is 18.5 Å². The number of nitrogens with one attached hydrogen (secondary N) is 1. The Morgan fingerprint density at radius 1 is 1.23 bits per heavy atom. The molecule has 1 saturated heterocycles. The summed E-state index contributed by atoms with van der Waals surface area (Å²) in [5, 5.41) is 8.55. The van der Waals surface area contributed by atoms with Crippen LogP contribution in [0.1, 0.15) is 47.5 Å². The Morgan fingerprint density at radius 3 is 2.74 bits per heavy atom. The first-order chi connectivity index (χ1) is 16.6. The molecule has 0 saturated carbocycles. The van der Waals surface area contributed by atoms with Gasteiger partial charge in [0.2, 0.25) is 0 Å². The van der Waals surface area contributed by atoms with Crippen LogP contribution in [0.4, 0.5) is 17.6 Å². The van der Waals surface area contributed by atoms with Crippen LogP contribution in [0.25, 0.3) is 0 Å². The molecule has 1 aromatic carbocycles. The van der Waals surface area contributed by atoms with Crippen molar-refractivity contribution in [2.45, 2.75) is 48.2 Å². The van der Waals surface area contributed by atoms with Crippen molar-refractivity contribution in [3.63, 3.8) is 0 Å². The fraction of sp³-hybridized carbons (Fsp3) is 0.455. The number of alkyl halides is 3. The van der Waals surface area contributed by atoms with E-state index in [1.54, 1.807) is 11.6 Å². The highest BCUT2D eigenvalue weighted by Crippen LogP contribution is 2.48. The number of likely N-dealkylation sites (tertiary alicyclic amines) is 1. The minimum Gasteiger partial charge on any atom is -0.493 e. The Balaban J connectivity index is 1.48. The second kappa shape index (κ2) is 9.17. The number of H-pyrrole nitrogens is 1. The summed E-state index contributed by atoms with van der Waals surface area (Å²) in [4.78, 5) is 5.42. The quantitative estimate of drug-likeness (QED) is 0.476. The van der Waals surface area contributed by atoms with Gasteiger partial charge >= 0.3 is 6.18 Å². The van der Waals surface area contributed by atoms with Gasteiger partial charge in [-0.05, 0) is 25.5 Å². The highest BCUT2D eigenvalue weighted by molar-refractivity contribution is 7.90. The number of benzene rings is 1. The maximum Gasteiger partial charge on any atom is 0.391 e. The molecule has 2 aliphatic rings. The van der Waals surface area contributed by atoms with Gasteiger partial charge in [0.1, 0.15) is 27.2 Å². The van der Waals surface area contributed by atoms with Crippen molar-refractivity contribution in [2.75, 3.05) is 13.2 Å². The predicted molar refractivity (Wildman–Crippen MR) is 119 cm³/mol. The third-order valence-electron chi connectivity index (χ3n) is 6.62. The number of sulfone groups is 1. The number of rotatable bonds is 5. The monoisotopic (exact) mass is 530 g/mol. The molecule has 5 rings (SSSR count). The molecule has 35 heavy (non-hydrogen) atoms. The van der Waals surface area contributed by atoms with Crippen molar-refractivity contribution >= 4 is 21.2 Å². The van der Waals surface area contributed by atoms with E-state index in [1.807, 2.05) is 4.90 Å². The molecule has 3 atom stereocenters. The molecule has 1 N–H and O–H groups in total. The molecule has 2 aliphatic heterocycles. The normalized spacial score (nSPS) is 23.6. The maximum absolute atomic E-state index is 15.2. The number of nitrogens with zero attached hydrogens (tertiary/aromatic N) is 3. The first kappa shape index (κ1) is 24.2. The highest BCUT2D eigenvalue weighted by Gasteiger charge is 2.47. The van der Waals surface area contributed by atoms with Crippen LogP contribution in [-0.2, 0) is 15.6 Å². The van der Waals surface area contributed by atoms with Gasteiger partial charge in [-0.25, -0.2) is 17.8 Å². The second-order valence-electron chi connectivity index (χ2n) is 8.71. The molecule has 0 unspecified atom stereocenters. The van der Waals surface area contributed by atoms with Crippen LogP contribution in [0.15, 0.2) is 41.0 Å².